The molecule has 2 N–H and O–H groups in total. The minimum Gasteiger partial charge on any atom is -0.349 e. The van der Waals surface area contributed by atoms with E-state index < -0.39 is 0 Å². The highest BCUT2D eigenvalue weighted by Crippen LogP contribution is 2.22. The first-order chi connectivity index (χ1) is 7.84. The lowest BCUT2D eigenvalue weighted by atomic mass is 10.0. The standard InChI is InChI=1S/C13H23N3/c1-11-3-2-4-12(6-5-11)14-8-7-13-15-9-10-16-13/h9-12,14H,2-8H2,1H3,(H,15,16). The summed E-state index contributed by atoms with van der Waals surface area (Å²) in [7, 11) is 0. The highest BCUT2D eigenvalue weighted by Gasteiger charge is 2.15. The summed E-state index contributed by atoms with van der Waals surface area (Å²) in [5, 5.41) is 3.66. The Morgan fingerprint density at radius 1 is 1.38 bits per heavy atom. The molecule has 1 aliphatic rings. The van der Waals surface area contributed by atoms with Crippen molar-refractivity contribution in [3.8, 4) is 0 Å². The van der Waals surface area contributed by atoms with E-state index in [0.29, 0.717) is 0 Å². The van der Waals surface area contributed by atoms with Gasteiger partial charge in [0.05, 0.1) is 0 Å². The van der Waals surface area contributed by atoms with E-state index in [-0.39, 0.29) is 0 Å². The Labute approximate surface area is 98.1 Å². The Morgan fingerprint density at radius 3 is 3.12 bits per heavy atom. The molecule has 2 rings (SSSR count). The van der Waals surface area contributed by atoms with Crippen molar-refractivity contribution in [3.63, 3.8) is 0 Å². The van der Waals surface area contributed by atoms with Gasteiger partial charge in [0, 0.05) is 31.4 Å². The molecule has 0 radical (unpaired) electrons. The number of nitrogens with one attached hydrogen (secondary N) is 2. The van der Waals surface area contributed by atoms with Gasteiger partial charge in [0.15, 0.2) is 0 Å². The van der Waals surface area contributed by atoms with Crippen LogP contribution in [0, 0.1) is 5.92 Å². The Hall–Kier alpha value is -0.830. The minimum absolute atomic E-state index is 0.736. The summed E-state index contributed by atoms with van der Waals surface area (Å²) in [6, 6.07) is 0.736. The van der Waals surface area contributed by atoms with Crippen LogP contribution in [0.1, 0.15) is 44.9 Å². The third-order valence-electron chi connectivity index (χ3n) is 3.61. The van der Waals surface area contributed by atoms with Crippen molar-refractivity contribution in [3.05, 3.63) is 18.2 Å². The van der Waals surface area contributed by atoms with Gasteiger partial charge in [-0.15, -0.1) is 0 Å². The van der Waals surface area contributed by atoms with Crippen molar-refractivity contribution in [2.45, 2.75) is 51.5 Å². The summed E-state index contributed by atoms with van der Waals surface area (Å²) >= 11 is 0. The van der Waals surface area contributed by atoms with Crippen molar-refractivity contribution in [1.82, 2.24) is 15.3 Å². The average molecular weight is 221 g/mol. The van der Waals surface area contributed by atoms with Crippen LogP contribution in [0.25, 0.3) is 0 Å². The van der Waals surface area contributed by atoms with Crippen LogP contribution in [0.4, 0.5) is 0 Å². The van der Waals surface area contributed by atoms with Crippen LogP contribution in [0.2, 0.25) is 0 Å². The topological polar surface area (TPSA) is 40.7 Å². The molecule has 1 fully saturated rings. The fourth-order valence-electron chi connectivity index (χ4n) is 2.52. The van der Waals surface area contributed by atoms with Gasteiger partial charge >= 0.3 is 0 Å². The maximum Gasteiger partial charge on any atom is 0.107 e. The zero-order valence-corrected chi connectivity index (χ0v) is 10.2. The molecule has 3 heteroatoms. The first kappa shape index (κ1) is 11.6. The second kappa shape index (κ2) is 6.04. The summed E-state index contributed by atoms with van der Waals surface area (Å²) in [4.78, 5) is 7.38. The van der Waals surface area contributed by atoms with Gasteiger partial charge in [0.2, 0.25) is 0 Å². The van der Waals surface area contributed by atoms with Gasteiger partial charge in [-0.3, -0.25) is 0 Å². The van der Waals surface area contributed by atoms with Gasteiger partial charge in [0.25, 0.3) is 0 Å². The van der Waals surface area contributed by atoms with Crippen LogP contribution in [-0.2, 0) is 6.42 Å². The molecule has 90 valence electrons. The van der Waals surface area contributed by atoms with Crippen LogP contribution in [0.3, 0.4) is 0 Å². The zero-order valence-electron chi connectivity index (χ0n) is 10.2. The van der Waals surface area contributed by atoms with Gasteiger partial charge in [-0.1, -0.05) is 19.8 Å². The zero-order chi connectivity index (χ0) is 11.2. The Balaban J connectivity index is 1.65. The van der Waals surface area contributed by atoms with E-state index in [1.165, 1.54) is 32.1 Å². The largest absolute Gasteiger partial charge is 0.349 e. The quantitative estimate of drug-likeness (QED) is 0.767. The summed E-state index contributed by atoms with van der Waals surface area (Å²) in [6.07, 6.45) is 11.6. The van der Waals surface area contributed by atoms with Gasteiger partial charge in [0.1, 0.15) is 5.82 Å². The number of aromatic amines is 1. The number of hydrogen-bond acceptors (Lipinski definition) is 2. The van der Waals surface area contributed by atoms with Crippen molar-refractivity contribution in [2.75, 3.05) is 6.54 Å². The molecule has 1 heterocycles. The van der Waals surface area contributed by atoms with E-state index in [2.05, 4.69) is 22.2 Å². The van der Waals surface area contributed by atoms with Crippen molar-refractivity contribution in [1.29, 1.82) is 0 Å². The summed E-state index contributed by atoms with van der Waals surface area (Å²) in [5.41, 5.74) is 0. The fourth-order valence-corrected chi connectivity index (χ4v) is 2.52. The lowest BCUT2D eigenvalue weighted by Gasteiger charge is -2.15. The SMILES string of the molecule is CC1CCCC(NCCc2ncc[nH]2)CC1. The Morgan fingerprint density at radius 2 is 2.31 bits per heavy atom. The lowest BCUT2D eigenvalue weighted by molar-refractivity contribution is 0.449. The van der Waals surface area contributed by atoms with E-state index in [0.717, 1.165) is 30.7 Å². The second-order valence-corrected chi connectivity index (χ2v) is 5.05. The first-order valence-corrected chi connectivity index (χ1v) is 6.56. The molecule has 3 nitrogen and oxygen atoms in total. The average Bonchev–Trinajstić information content (AvgIpc) is 2.70. The van der Waals surface area contributed by atoms with Crippen molar-refractivity contribution < 1.29 is 0 Å². The molecule has 0 saturated heterocycles. The van der Waals surface area contributed by atoms with Crippen LogP contribution in [-0.4, -0.2) is 22.6 Å². The van der Waals surface area contributed by atoms with Gasteiger partial charge in [-0.2, -0.15) is 0 Å². The Kier molecular flexibility index (Phi) is 4.40. The van der Waals surface area contributed by atoms with Crippen molar-refractivity contribution >= 4 is 0 Å². The number of nitrogens with zero attached hydrogens (tertiary/aromatic N) is 1. The number of H-pyrrole nitrogens is 1. The normalized spacial score (nSPS) is 26.6. The molecular weight excluding hydrogens is 198 g/mol. The maximum absolute atomic E-state index is 4.23. The summed E-state index contributed by atoms with van der Waals surface area (Å²) in [6.45, 7) is 3.43. The molecule has 0 bridgehead atoms. The van der Waals surface area contributed by atoms with Crippen LogP contribution in [0.15, 0.2) is 12.4 Å². The second-order valence-electron chi connectivity index (χ2n) is 5.05. The van der Waals surface area contributed by atoms with Crippen molar-refractivity contribution in [2.24, 2.45) is 5.92 Å². The maximum atomic E-state index is 4.23. The third-order valence-corrected chi connectivity index (χ3v) is 3.61. The van der Waals surface area contributed by atoms with Crippen LogP contribution < -0.4 is 5.32 Å². The molecule has 16 heavy (non-hydrogen) atoms. The van der Waals surface area contributed by atoms with Gasteiger partial charge < -0.3 is 10.3 Å². The highest BCUT2D eigenvalue weighted by molar-refractivity contribution is 4.87. The van der Waals surface area contributed by atoms with Crippen LogP contribution in [0.5, 0.6) is 0 Å². The molecule has 1 aliphatic carbocycles. The van der Waals surface area contributed by atoms with Crippen LogP contribution >= 0.6 is 0 Å². The van der Waals surface area contributed by atoms with Gasteiger partial charge in [-0.05, 0) is 25.2 Å². The predicted octanol–water partition coefficient (Wildman–Crippen LogP) is 2.51. The Bertz CT molecular complexity index is 281. The number of rotatable bonds is 4. The predicted molar refractivity (Wildman–Crippen MR) is 66.3 cm³/mol. The summed E-state index contributed by atoms with van der Waals surface area (Å²) < 4.78 is 0. The molecule has 0 aliphatic heterocycles. The number of imidazole rings is 1. The first-order valence-electron chi connectivity index (χ1n) is 6.56. The molecule has 2 unspecified atom stereocenters. The molecule has 1 saturated carbocycles. The highest BCUT2D eigenvalue weighted by atomic mass is 14.9. The number of aromatic nitrogens is 2. The molecule has 0 amide bonds. The molecule has 1 aromatic rings. The van der Waals surface area contributed by atoms with Gasteiger partial charge in [-0.25, -0.2) is 4.98 Å². The van der Waals surface area contributed by atoms with E-state index in [1.54, 1.807) is 0 Å². The molecule has 2 atom stereocenters. The van der Waals surface area contributed by atoms with E-state index in [1.807, 2.05) is 12.4 Å². The number of hydrogen-bond donors (Lipinski definition) is 2. The molecule has 0 spiro atoms. The van der Waals surface area contributed by atoms with E-state index >= 15 is 0 Å². The smallest absolute Gasteiger partial charge is 0.107 e. The molecular formula is C13H23N3. The lowest BCUT2D eigenvalue weighted by Crippen LogP contribution is -2.30. The summed E-state index contributed by atoms with van der Waals surface area (Å²) in [5.74, 6) is 2.02. The molecule has 0 aromatic carbocycles. The fraction of sp³-hybridized carbons (Fsp3) is 0.769. The third kappa shape index (κ3) is 3.63. The van der Waals surface area contributed by atoms with E-state index in [4.69, 9.17) is 0 Å². The monoisotopic (exact) mass is 221 g/mol. The van der Waals surface area contributed by atoms with E-state index in [9.17, 15) is 0 Å². The minimum atomic E-state index is 0.736. The molecule has 1 aromatic heterocycles.